The Morgan fingerprint density at radius 3 is 2.59 bits per heavy atom. The number of fused-ring (bicyclic) bond motifs is 1. The Hall–Kier alpha value is -2.00. The van der Waals surface area contributed by atoms with E-state index in [1.807, 2.05) is 6.20 Å². The van der Waals surface area contributed by atoms with Crippen LogP contribution in [-0.4, -0.2) is 79.4 Å². The molecule has 0 radical (unpaired) electrons. The van der Waals surface area contributed by atoms with Crippen molar-refractivity contribution in [1.82, 2.24) is 19.9 Å². The second-order valence-electron chi connectivity index (χ2n) is 7.43. The first-order valence-electron chi connectivity index (χ1n) is 9.87. The molecule has 9 heteroatoms. The second kappa shape index (κ2) is 8.02. The van der Waals surface area contributed by atoms with Crippen molar-refractivity contribution in [3.8, 4) is 10.4 Å². The van der Waals surface area contributed by atoms with E-state index in [1.54, 1.807) is 11.3 Å². The highest BCUT2D eigenvalue weighted by Gasteiger charge is 2.20. The topological polar surface area (TPSA) is 57.6 Å². The molecule has 3 aromatic heterocycles. The number of anilines is 2. The van der Waals surface area contributed by atoms with Gasteiger partial charge in [0.2, 0.25) is 5.28 Å². The van der Waals surface area contributed by atoms with Crippen molar-refractivity contribution in [3.63, 3.8) is 0 Å². The van der Waals surface area contributed by atoms with Crippen LogP contribution >= 0.6 is 22.9 Å². The van der Waals surface area contributed by atoms with E-state index in [2.05, 4.69) is 54.9 Å². The fraction of sp³-hybridized carbons (Fsp3) is 0.450. The van der Waals surface area contributed by atoms with Gasteiger partial charge in [0.25, 0.3) is 0 Å². The third-order valence-electron chi connectivity index (χ3n) is 5.49. The molecular formula is C20H23ClN6OS. The number of hydrogen-bond acceptors (Lipinski definition) is 8. The first-order chi connectivity index (χ1) is 14.2. The molecule has 0 saturated carbocycles. The maximum atomic E-state index is 6.24. The Kier molecular flexibility index (Phi) is 5.26. The number of morpholine rings is 1. The minimum Gasteiger partial charge on any atom is -0.378 e. The highest BCUT2D eigenvalue weighted by Crippen LogP contribution is 2.38. The quantitative estimate of drug-likeness (QED) is 0.592. The van der Waals surface area contributed by atoms with Crippen LogP contribution in [0.15, 0.2) is 24.4 Å². The predicted molar refractivity (Wildman–Crippen MR) is 118 cm³/mol. The summed E-state index contributed by atoms with van der Waals surface area (Å²) in [6, 6.07) is 6.35. The van der Waals surface area contributed by atoms with Crippen molar-refractivity contribution in [3.05, 3.63) is 29.7 Å². The third-order valence-corrected chi connectivity index (χ3v) is 6.83. The highest BCUT2D eigenvalue weighted by atomic mass is 35.5. The molecule has 0 bridgehead atoms. The molecule has 0 N–H and O–H groups in total. The Morgan fingerprint density at radius 2 is 1.79 bits per heavy atom. The summed E-state index contributed by atoms with van der Waals surface area (Å²) in [5.41, 5.74) is 2.05. The summed E-state index contributed by atoms with van der Waals surface area (Å²) in [5, 5.41) is 0.288. The Bertz CT molecular complexity index is 1010. The van der Waals surface area contributed by atoms with E-state index in [0.717, 1.165) is 71.6 Å². The maximum Gasteiger partial charge on any atom is 0.224 e. The summed E-state index contributed by atoms with van der Waals surface area (Å²) in [4.78, 5) is 21.7. The average Bonchev–Trinajstić information content (AvgIpc) is 3.18. The molecule has 2 saturated heterocycles. The summed E-state index contributed by atoms with van der Waals surface area (Å²) < 4.78 is 6.56. The van der Waals surface area contributed by atoms with Crippen LogP contribution < -0.4 is 9.80 Å². The van der Waals surface area contributed by atoms with Gasteiger partial charge in [0.1, 0.15) is 5.82 Å². The molecule has 5 rings (SSSR count). The van der Waals surface area contributed by atoms with E-state index in [1.165, 1.54) is 0 Å². The van der Waals surface area contributed by atoms with Gasteiger partial charge < -0.3 is 19.4 Å². The normalized spacial score (nSPS) is 18.6. The number of hydrogen-bond donors (Lipinski definition) is 0. The molecule has 2 aliphatic heterocycles. The Balaban J connectivity index is 1.50. The molecule has 0 unspecified atom stereocenters. The largest absolute Gasteiger partial charge is 0.378 e. The number of likely N-dealkylation sites (N-methyl/N-ethyl adjacent to an activating group) is 1. The van der Waals surface area contributed by atoms with Crippen LogP contribution in [0.3, 0.4) is 0 Å². The SMILES string of the molecule is CN1CCN(c2cc(-c3cc4nc(Cl)nc(N5CCOCC5)c4s3)ccn2)CC1. The van der Waals surface area contributed by atoms with Crippen LogP contribution in [-0.2, 0) is 4.74 Å². The van der Waals surface area contributed by atoms with Crippen molar-refractivity contribution in [2.75, 3.05) is 69.3 Å². The standard InChI is InChI=1S/C20H23ClN6OS/c1-25-4-6-26(7-5-25)17-12-14(2-3-22-17)16-13-15-18(29-16)19(24-20(21)23-15)27-8-10-28-11-9-27/h2-3,12-13H,4-11H2,1H3. The van der Waals surface area contributed by atoms with Gasteiger partial charge in [-0.25, -0.2) is 9.97 Å². The van der Waals surface area contributed by atoms with Crippen LogP contribution in [0.2, 0.25) is 5.28 Å². The molecule has 7 nitrogen and oxygen atoms in total. The van der Waals surface area contributed by atoms with Crippen molar-refractivity contribution >= 4 is 44.8 Å². The molecule has 0 aliphatic carbocycles. The number of piperazine rings is 1. The van der Waals surface area contributed by atoms with E-state index in [0.29, 0.717) is 13.2 Å². The average molecular weight is 431 g/mol. The molecule has 29 heavy (non-hydrogen) atoms. The minimum absolute atomic E-state index is 0.288. The van der Waals surface area contributed by atoms with Gasteiger partial charge >= 0.3 is 0 Å². The van der Waals surface area contributed by atoms with E-state index in [4.69, 9.17) is 16.3 Å². The van der Waals surface area contributed by atoms with E-state index >= 15 is 0 Å². The minimum atomic E-state index is 0.288. The molecule has 0 spiro atoms. The zero-order valence-electron chi connectivity index (χ0n) is 16.3. The van der Waals surface area contributed by atoms with Crippen LogP contribution in [0.5, 0.6) is 0 Å². The van der Waals surface area contributed by atoms with Crippen molar-refractivity contribution in [2.24, 2.45) is 0 Å². The molecule has 2 fully saturated rings. The number of nitrogens with zero attached hydrogens (tertiary/aromatic N) is 6. The first-order valence-corrected chi connectivity index (χ1v) is 11.1. The molecule has 152 valence electrons. The number of pyridine rings is 1. The lowest BCUT2D eigenvalue weighted by atomic mass is 10.2. The molecule has 3 aromatic rings. The summed E-state index contributed by atoms with van der Waals surface area (Å²) in [5.74, 6) is 1.94. The molecular weight excluding hydrogens is 408 g/mol. The van der Waals surface area contributed by atoms with Gasteiger partial charge in [-0.05, 0) is 42.4 Å². The lowest BCUT2D eigenvalue weighted by Crippen LogP contribution is -2.44. The molecule has 2 aliphatic rings. The monoisotopic (exact) mass is 430 g/mol. The fourth-order valence-corrected chi connectivity index (χ4v) is 5.08. The second-order valence-corrected chi connectivity index (χ2v) is 8.82. The Morgan fingerprint density at radius 1 is 1.00 bits per heavy atom. The predicted octanol–water partition coefficient (Wildman–Crippen LogP) is 3.00. The van der Waals surface area contributed by atoms with E-state index in [-0.39, 0.29) is 5.28 Å². The van der Waals surface area contributed by atoms with Gasteiger partial charge in [0, 0.05) is 50.3 Å². The number of ether oxygens (including phenoxy) is 1. The van der Waals surface area contributed by atoms with Gasteiger partial charge in [-0.2, -0.15) is 4.98 Å². The summed E-state index contributed by atoms with van der Waals surface area (Å²) >= 11 is 7.96. The molecule has 0 atom stereocenters. The third kappa shape index (κ3) is 3.90. The van der Waals surface area contributed by atoms with Crippen LogP contribution in [0.4, 0.5) is 11.6 Å². The summed E-state index contributed by atoms with van der Waals surface area (Å²) in [7, 11) is 2.16. The number of aromatic nitrogens is 3. The van der Waals surface area contributed by atoms with E-state index in [9.17, 15) is 0 Å². The molecule has 0 aromatic carbocycles. The van der Waals surface area contributed by atoms with Gasteiger partial charge in [-0.15, -0.1) is 11.3 Å². The first kappa shape index (κ1) is 19.0. The number of rotatable bonds is 3. The number of thiophene rings is 1. The van der Waals surface area contributed by atoms with Gasteiger partial charge in [-0.1, -0.05) is 0 Å². The Labute approximate surface area is 178 Å². The van der Waals surface area contributed by atoms with Crippen LogP contribution in [0.25, 0.3) is 20.7 Å². The van der Waals surface area contributed by atoms with Crippen molar-refractivity contribution < 1.29 is 4.74 Å². The van der Waals surface area contributed by atoms with Crippen molar-refractivity contribution in [2.45, 2.75) is 0 Å². The smallest absolute Gasteiger partial charge is 0.224 e. The maximum absolute atomic E-state index is 6.24. The summed E-state index contributed by atoms with van der Waals surface area (Å²) in [6.07, 6.45) is 1.90. The molecule has 5 heterocycles. The lowest BCUT2D eigenvalue weighted by molar-refractivity contribution is 0.122. The van der Waals surface area contributed by atoms with Gasteiger partial charge in [-0.3, -0.25) is 0 Å². The number of halogens is 1. The fourth-order valence-electron chi connectivity index (χ4n) is 3.80. The van der Waals surface area contributed by atoms with Gasteiger partial charge in [0.15, 0.2) is 5.82 Å². The zero-order chi connectivity index (χ0) is 19.8. The van der Waals surface area contributed by atoms with Crippen LogP contribution in [0, 0.1) is 0 Å². The van der Waals surface area contributed by atoms with Gasteiger partial charge in [0.05, 0.1) is 23.4 Å². The summed E-state index contributed by atoms with van der Waals surface area (Å²) in [6.45, 7) is 7.18. The molecule has 0 amide bonds. The van der Waals surface area contributed by atoms with Crippen LogP contribution in [0.1, 0.15) is 0 Å². The van der Waals surface area contributed by atoms with E-state index < -0.39 is 0 Å². The van der Waals surface area contributed by atoms with Crippen molar-refractivity contribution in [1.29, 1.82) is 0 Å². The lowest BCUT2D eigenvalue weighted by Gasteiger charge is -2.33. The highest BCUT2D eigenvalue weighted by molar-refractivity contribution is 7.22. The zero-order valence-corrected chi connectivity index (χ0v) is 17.9.